The van der Waals surface area contributed by atoms with E-state index in [1.54, 1.807) is 7.11 Å². The van der Waals surface area contributed by atoms with Crippen LogP contribution in [0.3, 0.4) is 0 Å². The summed E-state index contributed by atoms with van der Waals surface area (Å²) < 4.78 is 7.13. The van der Waals surface area contributed by atoms with E-state index in [9.17, 15) is 0 Å². The molecule has 92 valence electrons. The Kier molecular flexibility index (Phi) is 5.49. The summed E-state index contributed by atoms with van der Waals surface area (Å²) in [6.45, 7) is 9.19. The van der Waals surface area contributed by atoms with Crippen molar-refractivity contribution < 1.29 is 4.74 Å². The molecule has 4 nitrogen and oxygen atoms in total. The van der Waals surface area contributed by atoms with E-state index in [1.807, 2.05) is 17.8 Å². The van der Waals surface area contributed by atoms with Gasteiger partial charge in [-0.3, -0.25) is 4.68 Å². The van der Waals surface area contributed by atoms with Crippen molar-refractivity contribution in [3.63, 3.8) is 0 Å². The topological polar surface area (TPSA) is 39.1 Å². The molecule has 1 rings (SSSR count). The number of nitrogens with one attached hydrogen (secondary N) is 1. The second-order valence-corrected chi connectivity index (χ2v) is 4.64. The van der Waals surface area contributed by atoms with Crippen LogP contribution in [0.4, 0.5) is 0 Å². The van der Waals surface area contributed by atoms with E-state index in [0.29, 0.717) is 5.92 Å². The second kappa shape index (κ2) is 6.66. The van der Waals surface area contributed by atoms with Crippen LogP contribution in [-0.4, -0.2) is 29.5 Å². The molecular weight excluding hydrogens is 202 g/mol. The lowest BCUT2D eigenvalue weighted by atomic mass is 10.2. The zero-order valence-corrected chi connectivity index (χ0v) is 10.7. The van der Waals surface area contributed by atoms with Gasteiger partial charge in [0.2, 0.25) is 0 Å². The summed E-state index contributed by atoms with van der Waals surface area (Å²) in [4.78, 5) is 0. The van der Waals surface area contributed by atoms with Gasteiger partial charge in [0.15, 0.2) is 0 Å². The Balaban J connectivity index is 2.33. The summed E-state index contributed by atoms with van der Waals surface area (Å²) in [5.74, 6) is 0.684. The zero-order valence-electron chi connectivity index (χ0n) is 10.7. The number of rotatable bonds is 7. The Morgan fingerprint density at radius 1 is 1.44 bits per heavy atom. The molecule has 1 unspecified atom stereocenters. The monoisotopic (exact) mass is 225 g/mol. The van der Waals surface area contributed by atoms with Crippen molar-refractivity contribution in [1.29, 1.82) is 0 Å². The molecule has 1 N–H and O–H groups in total. The van der Waals surface area contributed by atoms with E-state index >= 15 is 0 Å². The molecule has 0 saturated heterocycles. The van der Waals surface area contributed by atoms with Gasteiger partial charge in [0.25, 0.3) is 0 Å². The minimum Gasteiger partial charge on any atom is -0.380 e. The number of hydrogen-bond donors (Lipinski definition) is 1. The molecule has 1 heterocycles. The van der Waals surface area contributed by atoms with E-state index in [1.165, 1.54) is 5.56 Å². The van der Waals surface area contributed by atoms with Crippen LogP contribution in [0, 0.1) is 5.92 Å². The molecule has 0 amide bonds. The highest BCUT2D eigenvalue weighted by molar-refractivity contribution is 5.03. The molecule has 0 aliphatic heterocycles. The largest absolute Gasteiger partial charge is 0.380 e. The van der Waals surface area contributed by atoms with E-state index in [-0.39, 0.29) is 6.10 Å². The number of hydrogen-bond acceptors (Lipinski definition) is 3. The average Bonchev–Trinajstić information content (AvgIpc) is 2.65. The van der Waals surface area contributed by atoms with Crippen LogP contribution in [0.5, 0.6) is 0 Å². The van der Waals surface area contributed by atoms with Crippen LogP contribution in [0.15, 0.2) is 12.4 Å². The molecule has 16 heavy (non-hydrogen) atoms. The molecule has 0 radical (unpaired) electrons. The fraction of sp³-hybridized carbons (Fsp3) is 0.750. The summed E-state index contributed by atoms with van der Waals surface area (Å²) in [6, 6.07) is 0. The van der Waals surface area contributed by atoms with Crippen LogP contribution >= 0.6 is 0 Å². The van der Waals surface area contributed by atoms with Crippen molar-refractivity contribution in [2.75, 3.05) is 13.7 Å². The average molecular weight is 225 g/mol. The second-order valence-electron chi connectivity index (χ2n) is 4.64. The number of ether oxygens (including phenoxy) is 1. The Morgan fingerprint density at radius 3 is 2.81 bits per heavy atom. The summed E-state index contributed by atoms with van der Waals surface area (Å²) >= 11 is 0. The Bertz CT molecular complexity index is 296. The molecular formula is C12H23N3O. The molecule has 4 heteroatoms. The lowest BCUT2D eigenvalue weighted by molar-refractivity contribution is 0.0998. The fourth-order valence-corrected chi connectivity index (χ4v) is 1.44. The van der Waals surface area contributed by atoms with Gasteiger partial charge in [-0.15, -0.1) is 0 Å². The smallest absolute Gasteiger partial charge is 0.0739 e. The van der Waals surface area contributed by atoms with Crippen molar-refractivity contribution >= 4 is 0 Å². The first-order valence-electron chi connectivity index (χ1n) is 5.86. The molecule has 1 atom stereocenters. The molecule has 1 aromatic rings. The summed E-state index contributed by atoms with van der Waals surface area (Å²) in [5.41, 5.74) is 1.23. The lowest BCUT2D eigenvalue weighted by Gasteiger charge is -2.08. The van der Waals surface area contributed by atoms with Crippen molar-refractivity contribution in [3.05, 3.63) is 18.0 Å². The highest BCUT2D eigenvalue weighted by atomic mass is 16.5. The van der Waals surface area contributed by atoms with E-state index in [0.717, 1.165) is 19.6 Å². The van der Waals surface area contributed by atoms with Gasteiger partial charge in [-0.05, 0) is 19.4 Å². The van der Waals surface area contributed by atoms with Crippen molar-refractivity contribution in [2.24, 2.45) is 5.92 Å². The van der Waals surface area contributed by atoms with Gasteiger partial charge in [-0.2, -0.15) is 5.10 Å². The van der Waals surface area contributed by atoms with Gasteiger partial charge in [0, 0.05) is 25.4 Å². The van der Waals surface area contributed by atoms with Gasteiger partial charge >= 0.3 is 0 Å². The first-order chi connectivity index (χ1) is 7.61. The summed E-state index contributed by atoms with van der Waals surface area (Å²) in [6.07, 6.45) is 4.19. The van der Waals surface area contributed by atoms with Crippen molar-refractivity contribution in [1.82, 2.24) is 15.1 Å². The molecule has 0 aromatic carbocycles. The van der Waals surface area contributed by atoms with Crippen LogP contribution in [-0.2, 0) is 17.8 Å². The minimum atomic E-state index is 0.205. The van der Waals surface area contributed by atoms with E-state index in [2.05, 4.69) is 30.5 Å². The maximum Gasteiger partial charge on any atom is 0.0739 e. The number of aromatic nitrogens is 2. The number of nitrogens with zero attached hydrogens (tertiary/aromatic N) is 2. The Labute approximate surface area is 98.0 Å². The maximum atomic E-state index is 5.20. The molecule has 0 bridgehead atoms. The SMILES string of the molecule is COC(C)Cn1cc(CNCC(C)C)cn1. The Hall–Kier alpha value is -0.870. The fourth-order valence-electron chi connectivity index (χ4n) is 1.44. The first-order valence-corrected chi connectivity index (χ1v) is 5.86. The Morgan fingerprint density at radius 2 is 2.19 bits per heavy atom. The zero-order chi connectivity index (χ0) is 12.0. The molecule has 0 saturated carbocycles. The first kappa shape index (κ1) is 13.2. The highest BCUT2D eigenvalue weighted by Crippen LogP contribution is 2.00. The van der Waals surface area contributed by atoms with Crippen LogP contribution in [0.1, 0.15) is 26.3 Å². The molecule has 1 aromatic heterocycles. The predicted molar refractivity (Wildman–Crippen MR) is 65.2 cm³/mol. The van der Waals surface area contributed by atoms with Gasteiger partial charge < -0.3 is 10.1 Å². The summed E-state index contributed by atoms with van der Waals surface area (Å²) in [7, 11) is 1.72. The third-order valence-corrected chi connectivity index (χ3v) is 2.41. The van der Waals surface area contributed by atoms with Crippen LogP contribution in [0.25, 0.3) is 0 Å². The van der Waals surface area contributed by atoms with Crippen LogP contribution < -0.4 is 5.32 Å². The van der Waals surface area contributed by atoms with Crippen LogP contribution in [0.2, 0.25) is 0 Å². The molecule has 0 fully saturated rings. The lowest BCUT2D eigenvalue weighted by Crippen LogP contribution is -2.18. The normalized spacial score (nSPS) is 13.3. The van der Waals surface area contributed by atoms with Gasteiger partial charge in [0.05, 0.1) is 18.8 Å². The van der Waals surface area contributed by atoms with Gasteiger partial charge in [0.1, 0.15) is 0 Å². The minimum absolute atomic E-state index is 0.205. The van der Waals surface area contributed by atoms with Crippen molar-refractivity contribution in [3.8, 4) is 0 Å². The van der Waals surface area contributed by atoms with Gasteiger partial charge in [-0.1, -0.05) is 13.8 Å². The number of methoxy groups -OCH3 is 1. The third-order valence-electron chi connectivity index (χ3n) is 2.41. The van der Waals surface area contributed by atoms with Gasteiger partial charge in [-0.25, -0.2) is 0 Å². The van der Waals surface area contributed by atoms with Crippen molar-refractivity contribution in [2.45, 2.75) is 40.0 Å². The maximum absolute atomic E-state index is 5.20. The predicted octanol–water partition coefficient (Wildman–Crippen LogP) is 1.66. The third kappa shape index (κ3) is 4.77. The quantitative estimate of drug-likeness (QED) is 0.767. The molecule has 0 spiro atoms. The standard InChI is InChI=1S/C12H23N3O/c1-10(2)5-13-6-12-7-14-15(9-12)8-11(3)16-4/h7,9-11,13H,5-6,8H2,1-4H3. The molecule has 0 aliphatic carbocycles. The van der Waals surface area contributed by atoms with E-state index < -0.39 is 0 Å². The van der Waals surface area contributed by atoms with E-state index in [4.69, 9.17) is 4.74 Å². The summed E-state index contributed by atoms with van der Waals surface area (Å²) in [5, 5.41) is 7.70. The molecule has 0 aliphatic rings. The highest BCUT2D eigenvalue weighted by Gasteiger charge is 2.03.